The highest BCUT2D eigenvalue weighted by molar-refractivity contribution is 8.00. The third-order valence-corrected chi connectivity index (χ3v) is 6.30. The lowest BCUT2D eigenvalue weighted by Crippen LogP contribution is -1.95. The maximum atomic E-state index is 13.6. The summed E-state index contributed by atoms with van der Waals surface area (Å²) in [5, 5.41) is 12.4. The summed E-state index contributed by atoms with van der Waals surface area (Å²) >= 11 is 2.84. The average Bonchev–Trinajstić information content (AvgIpc) is 3.58. The van der Waals surface area contributed by atoms with Crippen LogP contribution in [-0.2, 0) is 0 Å². The Morgan fingerprint density at radius 2 is 1.97 bits per heavy atom. The van der Waals surface area contributed by atoms with Crippen LogP contribution in [0.1, 0.15) is 5.56 Å². The summed E-state index contributed by atoms with van der Waals surface area (Å²) in [4.78, 5) is 13.0. The summed E-state index contributed by atoms with van der Waals surface area (Å²) < 4.78 is 28.1. The summed E-state index contributed by atoms with van der Waals surface area (Å²) in [6.07, 6.45) is 7.77. The van der Waals surface area contributed by atoms with Gasteiger partial charge in [0.25, 0.3) is 0 Å². The molecule has 0 aliphatic carbocycles. The van der Waals surface area contributed by atoms with Crippen LogP contribution in [0.4, 0.5) is 9.52 Å². The van der Waals surface area contributed by atoms with Gasteiger partial charge in [0, 0.05) is 45.4 Å². The molecule has 10 heteroatoms. The van der Waals surface area contributed by atoms with E-state index in [1.54, 1.807) is 55.3 Å². The van der Waals surface area contributed by atoms with Crippen molar-refractivity contribution in [1.29, 1.82) is 5.26 Å². The second-order valence-corrected chi connectivity index (χ2v) is 8.63. The quantitative estimate of drug-likeness (QED) is 0.198. The van der Waals surface area contributed by atoms with E-state index in [9.17, 15) is 9.65 Å². The van der Waals surface area contributed by atoms with E-state index in [-0.39, 0.29) is 0 Å². The summed E-state index contributed by atoms with van der Waals surface area (Å²) in [7, 11) is 0. The Balaban J connectivity index is 1.46. The number of nitrogens with zero attached hydrogens (tertiary/aromatic N) is 4. The maximum absolute atomic E-state index is 13.6. The van der Waals surface area contributed by atoms with Gasteiger partial charge in [0.1, 0.15) is 11.8 Å². The van der Waals surface area contributed by atoms with Crippen LogP contribution in [0.25, 0.3) is 22.4 Å². The Bertz CT molecular complexity index is 1470. The van der Waals surface area contributed by atoms with Gasteiger partial charge in [-0.3, -0.25) is 4.98 Å². The van der Waals surface area contributed by atoms with Gasteiger partial charge in [-0.15, -0.1) is 11.3 Å². The summed E-state index contributed by atoms with van der Waals surface area (Å²) in [6.45, 7) is 0. The lowest BCUT2D eigenvalue weighted by Gasteiger charge is -2.13. The minimum Gasteiger partial charge on any atom is -0.472 e. The van der Waals surface area contributed by atoms with Crippen molar-refractivity contribution in [2.45, 2.75) is 4.90 Å². The number of hydrogen-bond donors (Lipinski definition) is 1. The van der Waals surface area contributed by atoms with Crippen molar-refractivity contribution < 1.29 is 13.5 Å². The number of rotatable bonds is 7. The summed E-state index contributed by atoms with van der Waals surface area (Å²) in [6, 6.07) is 14.0. The standard InChI is InChI=1S/C24H14FN5O2S2/c25-23-10-15(3-5-27-23)20-11-19(16-4-7-31-14-16)22(13-29-20)32-21-2-1-18(9-17(21)12-26)34-30-24-28-6-8-33-24/h1-11,13-14H,(H,28,30). The number of ether oxygens (including phenoxy) is 1. The number of thiazole rings is 1. The van der Waals surface area contributed by atoms with Crippen molar-refractivity contribution in [2.24, 2.45) is 0 Å². The van der Waals surface area contributed by atoms with Gasteiger partial charge in [-0.1, -0.05) is 0 Å². The van der Waals surface area contributed by atoms with Crippen molar-refractivity contribution in [1.82, 2.24) is 15.0 Å². The van der Waals surface area contributed by atoms with Crippen LogP contribution < -0.4 is 9.46 Å². The van der Waals surface area contributed by atoms with E-state index in [1.165, 1.54) is 35.5 Å². The second kappa shape index (κ2) is 9.74. The average molecular weight is 488 g/mol. The van der Waals surface area contributed by atoms with E-state index in [4.69, 9.17) is 9.15 Å². The molecule has 0 amide bonds. The molecule has 5 rings (SSSR count). The summed E-state index contributed by atoms with van der Waals surface area (Å²) in [5.41, 5.74) is 2.93. The Morgan fingerprint density at radius 3 is 2.74 bits per heavy atom. The van der Waals surface area contributed by atoms with Crippen LogP contribution in [0.3, 0.4) is 0 Å². The fourth-order valence-corrected chi connectivity index (χ4v) is 4.39. The molecule has 0 fully saturated rings. The molecule has 0 bridgehead atoms. The zero-order chi connectivity index (χ0) is 23.3. The minimum atomic E-state index is -0.592. The van der Waals surface area contributed by atoms with E-state index in [0.29, 0.717) is 33.9 Å². The van der Waals surface area contributed by atoms with Gasteiger partial charge in [0.05, 0.1) is 30.0 Å². The normalized spacial score (nSPS) is 10.6. The zero-order valence-electron chi connectivity index (χ0n) is 17.3. The number of pyridine rings is 2. The predicted molar refractivity (Wildman–Crippen MR) is 128 cm³/mol. The highest BCUT2D eigenvalue weighted by Gasteiger charge is 2.15. The molecule has 5 aromatic rings. The van der Waals surface area contributed by atoms with Gasteiger partial charge in [-0.05, 0) is 48.3 Å². The second-order valence-electron chi connectivity index (χ2n) is 6.86. The molecule has 0 spiro atoms. The van der Waals surface area contributed by atoms with Crippen molar-refractivity contribution in [3.63, 3.8) is 0 Å². The van der Waals surface area contributed by atoms with Crippen molar-refractivity contribution in [3.05, 3.63) is 90.5 Å². The first-order valence-corrected chi connectivity index (χ1v) is 11.6. The van der Waals surface area contributed by atoms with Gasteiger partial charge >= 0.3 is 0 Å². The van der Waals surface area contributed by atoms with Crippen LogP contribution in [0, 0.1) is 17.3 Å². The minimum absolute atomic E-state index is 0.365. The smallest absolute Gasteiger partial charge is 0.213 e. The molecule has 0 atom stereocenters. The van der Waals surface area contributed by atoms with E-state index in [1.807, 2.05) is 11.4 Å². The number of aromatic nitrogens is 3. The molecular weight excluding hydrogens is 473 g/mol. The maximum Gasteiger partial charge on any atom is 0.213 e. The molecule has 0 unspecified atom stereocenters. The van der Waals surface area contributed by atoms with Crippen LogP contribution >= 0.6 is 23.3 Å². The molecule has 0 aliphatic rings. The van der Waals surface area contributed by atoms with Crippen molar-refractivity contribution in [3.8, 4) is 40.0 Å². The molecule has 0 aliphatic heterocycles. The van der Waals surface area contributed by atoms with Gasteiger partial charge in [-0.2, -0.15) is 9.65 Å². The highest BCUT2D eigenvalue weighted by atomic mass is 32.2. The molecule has 34 heavy (non-hydrogen) atoms. The first kappa shape index (κ1) is 21.6. The van der Waals surface area contributed by atoms with Gasteiger partial charge < -0.3 is 13.9 Å². The third kappa shape index (κ3) is 4.76. The monoisotopic (exact) mass is 487 g/mol. The first-order chi connectivity index (χ1) is 16.7. The van der Waals surface area contributed by atoms with Crippen molar-refractivity contribution in [2.75, 3.05) is 4.72 Å². The number of anilines is 1. The van der Waals surface area contributed by atoms with Gasteiger partial charge in [0.15, 0.2) is 10.9 Å². The fourth-order valence-electron chi connectivity index (χ4n) is 3.13. The molecule has 0 saturated heterocycles. The Morgan fingerprint density at radius 1 is 1.03 bits per heavy atom. The van der Waals surface area contributed by atoms with Crippen LogP contribution in [0.5, 0.6) is 11.5 Å². The van der Waals surface area contributed by atoms with E-state index in [0.717, 1.165) is 15.6 Å². The van der Waals surface area contributed by atoms with Gasteiger partial charge in [-0.25, -0.2) is 9.97 Å². The number of halogens is 1. The van der Waals surface area contributed by atoms with E-state index in [2.05, 4.69) is 25.7 Å². The van der Waals surface area contributed by atoms with E-state index < -0.39 is 5.95 Å². The molecule has 0 saturated carbocycles. The first-order valence-electron chi connectivity index (χ1n) is 9.88. The zero-order valence-corrected chi connectivity index (χ0v) is 18.9. The molecule has 1 N–H and O–H groups in total. The Hall–Kier alpha value is -4.20. The molecule has 166 valence electrons. The number of benzene rings is 1. The molecule has 4 heterocycles. The van der Waals surface area contributed by atoms with Crippen molar-refractivity contribution >= 4 is 28.4 Å². The summed E-state index contributed by atoms with van der Waals surface area (Å²) in [5.74, 6) is 0.221. The topological polar surface area (TPSA) is 96.9 Å². The molecular formula is C24H14FN5O2S2. The lowest BCUT2D eigenvalue weighted by molar-refractivity contribution is 0.480. The molecule has 7 nitrogen and oxygen atoms in total. The number of hydrogen-bond acceptors (Lipinski definition) is 9. The highest BCUT2D eigenvalue weighted by Crippen LogP contribution is 2.37. The molecule has 0 radical (unpaired) electrons. The van der Waals surface area contributed by atoms with Gasteiger partial charge in [0.2, 0.25) is 5.95 Å². The number of furan rings is 1. The number of nitriles is 1. The number of nitrogens with one attached hydrogen (secondary N) is 1. The molecule has 4 aromatic heterocycles. The van der Waals surface area contributed by atoms with Crippen LogP contribution in [0.15, 0.2) is 88.3 Å². The van der Waals surface area contributed by atoms with Crippen LogP contribution in [0.2, 0.25) is 0 Å². The predicted octanol–water partition coefficient (Wildman–Crippen LogP) is 6.78. The fraction of sp³-hybridized carbons (Fsp3) is 0. The van der Waals surface area contributed by atoms with Crippen LogP contribution in [-0.4, -0.2) is 15.0 Å². The Labute approximate surface area is 202 Å². The third-order valence-electron chi connectivity index (χ3n) is 4.70. The van der Waals surface area contributed by atoms with E-state index >= 15 is 0 Å². The molecule has 1 aromatic carbocycles. The Kier molecular flexibility index (Phi) is 6.20. The lowest BCUT2D eigenvalue weighted by atomic mass is 10.1. The largest absolute Gasteiger partial charge is 0.472 e. The SMILES string of the molecule is N#Cc1cc(SNc2nccs2)ccc1Oc1cnc(-c2ccnc(F)c2)cc1-c1ccoc1.